The summed E-state index contributed by atoms with van der Waals surface area (Å²) in [6.07, 6.45) is -5.07. The van der Waals surface area contributed by atoms with Crippen molar-refractivity contribution in [1.82, 2.24) is 9.78 Å². The highest BCUT2D eigenvalue weighted by Crippen LogP contribution is 2.22. The Labute approximate surface area is 103 Å². The van der Waals surface area contributed by atoms with Gasteiger partial charge in [-0.1, -0.05) is 12.1 Å². The monoisotopic (exact) mass is 254 g/mol. The molecular formula is C13H13F3N2. The molecule has 5 heteroatoms. The summed E-state index contributed by atoms with van der Waals surface area (Å²) < 4.78 is 38.4. The number of alkyl halides is 3. The minimum absolute atomic E-state index is 0.257. The first-order chi connectivity index (χ1) is 8.35. The molecule has 0 aliphatic carbocycles. The summed E-state index contributed by atoms with van der Waals surface area (Å²) in [7, 11) is 0. The lowest BCUT2D eigenvalue weighted by Crippen LogP contribution is -2.11. The van der Waals surface area contributed by atoms with Gasteiger partial charge in [-0.15, -0.1) is 0 Å². The van der Waals surface area contributed by atoms with Gasteiger partial charge in [0.05, 0.1) is 17.8 Å². The highest BCUT2D eigenvalue weighted by Gasteiger charge is 2.27. The van der Waals surface area contributed by atoms with E-state index in [9.17, 15) is 13.2 Å². The number of nitrogens with zero attached hydrogens (tertiary/aromatic N) is 2. The van der Waals surface area contributed by atoms with Gasteiger partial charge >= 0.3 is 6.18 Å². The molecule has 1 aromatic carbocycles. The molecule has 0 N–H and O–H groups in total. The summed E-state index contributed by atoms with van der Waals surface area (Å²) in [6, 6.07) is 8.20. The molecule has 0 fully saturated rings. The normalized spacial score (nSPS) is 11.8. The Bertz CT molecular complexity index is 538. The zero-order valence-electron chi connectivity index (χ0n) is 10.1. The van der Waals surface area contributed by atoms with Gasteiger partial charge in [-0.3, -0.25) is 0 Å². The van der Waals surface area contributed by atoms with Crippen molar-refractivity contribution >= 4 is 0 Å². The zero-order chi connectivity index (χ0) is 13.3. The van der Waals surface area contributed by atoms with Gasteiger partial charge in [0.2, 0.25) is 0 Å². The minimum Gasteiger partial charge on any atom is -0.238 e. The van der Waals surface area contributed by atoms with Crippen molar-refractivity contribution < 1.29 is 13.2 Å². The zero-order valence-corrected chi connectivity index (χ0v) is 10.1. The van der Waals surface area contributed by atoms with Gasteiger partial charge in [0, 0.05) is 5.69 Å². The van der Waals surface area contributed by atoms with Gasteiger partial charge in [-0.05, 0) is 37.6 Å². The Balaban J connectivity index is 2.25. The van der Waals surface area contributed by atoms with Crippen molar-refractivity contribution in [3.63, 3.8) is 0 Å². The number of rotatable bonds is 2. The molecule has 0 saturated carbocycles. The van der Waals surface area contributed by atoms with E-state index in [1.54, 1.807) is 16.8 Å². The second-order valence-corrected chi connectivity index (χ2v) is 4.30. The fourth-order valence-corrected chi connectivity index (χ4v) is 1.88. The Morgan fingerprint density at radius 1 is 1.11 bits per heavy atom. The molecule has 0 unspecified atom stereocenters. The standard InChI is InChI=1S/C13H13F3N2/c1-9-7-10(2)18(17-9)12-5-3-11(4-6-12)8-13(14,15)16/h3-7H,8H2,1-2H3. The van der Waals surface area contributed by atoms with Crippen LogP contribution < -0.4 is 0 Å². The van der Waals surface area contributed by atoms with E-state index in [2.05, 4.69) is 5.10 Å². The lowest BCUT2D eigenvalue weighted by molar-refractivity contribution is -0.127. The van der Waals surface area contributed by atoms with Crippen LogP contribution in [0.4, 0.5) is 13.2 Å². The lowest BCUT2D eigenvalue weighted by Gasteiger charge is -2.08. The first-order valence-electron chi connectivity index (χ1n) is 5.54. The lowest BCUT2D eigenvalue weighted by atomic mass is 10.1. The van der Waals surface area contributed by atoms with E-state index in [-0.39, 0.29) is 5.56 Å². The van der Waals surface area contributed by atoms with E-state index >= 15 is 0 Å². The van der Waals surface area contributed by atoms with E-state index in [0.717, 1.165) is 17.1 Å². The Morgan fingerprint density at radius 3 is 2.17 bits per heavy atom. The molecular weight excluding hydrogens is 241 g/mol. The highest BCUT2D eigenvalue weighted by atomic mass is 19.4. The van der Waals surface area contributed by atoms with Crippen LogP contribution in [0, 0.1) is 13.8 Å². The van der Waals surface area contributed by atoms with Gasteiger partial charge in [-0.25, -0.2) is 4.68 Å². The second-order valence-electron chi connectivity index (χ2n) is 4.30. The van der Waals surface area contributed by atoms with Crippen LogP contribution in [0.2, 0.25) is 0 Å². The van der Waals surface area contributed by atoms with Crippen LogP contribution in [-0.2, 0) is 6.42 Å². The number of halogens is 3. The number of hydrogen-bond acceptors (Lipinski definition) is 1. The van der Waals surface area contributed by atoms with Crippen LogP contribution in [0.3, 0.4) is 0 Å². The van der Waals surface area contributed by atoms with Crippen LogP contribution in [0.15, 0.2) is 30.3 Å². The molecule has 2 aromatic rings. The van der Waals surface area contributed by atoms with Crippen LogP contribution in [0.1, 0.15) is 17.0 Å². The molecule has 2 rings (SSSR count). The molecule has 0 aliphatic rings. The molecule has 0 spiro atoms. The van der Waals surface area contributed by atoms with E-state index in [4.69, 9.17) is 0 Å². The molecule has 0 aliphatic heterocycles. The van der Waals surface area contributed by atoms with Crippen molar-refractivity contribution in [2.75, 3.05) is 0 Å². The Hall–Kier alpha value is -1.78. The average Bonchev–Trinajstić information content (AvgIpc) is 2.57. The predicted octanol–water partition coefficient (Wildman–Crippen LogP) is 3.59. The van der Waals surface area contributed by atoms with Gasteiger partial charge < -0.3 is 0 Å². The van der Waals surface area contributed by atoms with Crippen LogP contribution >= 0.6 is 0 Å². The maximum absolute atomic E-state index is 12.2. The molecule has 1 aromatic heterocycles. The van der Waals surface area contributed by atoms with Crippen molar-refractivity contribution in [3.05, 3.63) is 47.3 Å². The summed E-state index contributed by atoms with van der Waals surface area (Å²) >= 11 is 0. The van der Waals surface area contributed by atoms with Crippen molar-refractivity contribution in [1.29, 1.82) is 0 Å². The van der Waals surface area contributed by atoms with E-state index in [0.29, 0.717) is 0 Å². The predicted molar refractivity (Wildman–Crippen MR) is 62.8 cm³/mol. The average molecular weight is 254 g/mol. The molecule has 96 valence electrons. The van der Waals surface area contributed by atoms with Gasteiger partial charge in [0.25, 0.3) is 0 Å². The summed E-state index contributed by atoms with van der Waals surface area (Å²) in [6.45, 7) is 3.78. The maximum atomic E-state index is 12.2. The van der Waals surface area contributed by atoms with Gasteiger partial charge in [-0.2, -0.15) is 18.3 Å². The van der Waals surface area contributed by atoms with Crippen molar-refractivity contribution in [2.24, 2.45) is 0 Å². The molecule has 0 saturated heterocycles. The first kappa shape index (κ1) is 12.7. The topological polar surface area (TPSA) is 17.8 Å². The number of aryl methyl sites for hydroxylation is 2. The van der Waals surface area contributed by atoms with E-state index < -0.39 is 12.6 Å². The molecule has 0 bridgehead atoms. The Kier molecular flexibility index (Phi) is 3.15. The third-order valence-corrected chi connectivity index (χ3v) is 2.60. The highest BCUT2D eigenvalue weighted by molar-refractivity contribution is 5.36. The summed E-state index contributed by atoms with van der Waals surface area (Å²) in [5.74, 6) is 0. The van der Waals surface area contributed by atoms with Gasteiger partial charge in [0.15, 0.2) is 0 Å². The summed E-state index contributed by atoms with van der Waals surface area (Å²) in [5.41, 5.74) is 2.86. The molecule has 0 atom stereocenters. The molecule has 18 heavy (non-hydrogen) atoms. The fraction of sp³-hybridized carbons (Fsp3) is 0.308. The van der Waals surface area contributed by atoms with Crippen LogP contribution in [-0.4, -0.2) is 16.0 Å². The van der Waals surface area contributed by atoms with E-state index in [1.807, 2.05) is 19.9 Å². The van der Waals surface area contributed by atoms with E-state index in [1.165, 1.54) is 12.1 Å². The number of aromatic nitrogens is 2. The molecule has 0 radical (unpaired) electrons. The molecule has 2 nitrogen and oxygen atoms in total. The SMILES string of the molecule is Cc1cc(C)n(-c2ccc(CC(F)(F)F)cc2)n1. The van der Waals surface area contributed by atoms with Crippen LogP contribution in [0.5, 0.6) is 0 Å². The minimum atomic E-state index is -4.17. The second kappa shape index (κ2) is 4.48. The first-order valence-corrected chi connectivity index (χ1v) is 5.54. The molecule has 1 heterocycles. The number of benzene rings is 1. The van der Waals surface area contributed by atoms with Crippen molar-refractivity contribution in [3.8, 4) is 5.69 Å². The summed E-state index contributed by atoms with van der Waals surface area (Å²) in [5, 5.41) is 4.28. The van der Waals surface area contributed by atoms with Crippen LogP contribution in [0.25, 0.3) is 5.69 Å². The molecule has 0 amide bonds. The van der Waals surface area contributed by atoms with Gasteiger partial charge in [0.1, 0.15) is 0 Å². The van der Waals surface area contributed by atoms with Crippen molar-refractivity contribution in [2.45, 2.75) is 26.4 Å². The Morgan fingerprint density at radius 2 is 1.72 bits per heavy atom. The maximum Gasteiger partial charge on any atom is 0.393 e. The third kappa shape index (κ3) is 2.91. The third-order valence-electron chi connectivity index (χ3n) is 2.60. The quantitative estimate of drug-likeness (QED) is 0.800. The smallest absolute Gasteiger partial charge is 0.238 e. The largest absolute Gasteiger partial charge is 0.393 e. The number of hydrogen-bond donors (Lipinski definition) is 0. The summed E-state index contributed by atoms with van der Waals surface area (Å²) in [4.78, 5) is 0. The fourth-order valence-electron chi connectivity index (χ4n) is 1.88.